The van der Waals surface area contributed by atoms with Crippen molar-refractivity contribution < 1.29 is 12.8 Å². The van der Waals surface area contributed by atoms with E-state index >= 15 is 0 Å². The summed E-state index contributed by atoms with van der Waals surface area (Å²) < 4.78 is 36.2. The Balaban J connectivity index is 2.05. The molecule has 0 unspecified atom stereocenters. The molecule has 0 aliphatic rings. The van der Waals surface area contributed by atoms with Gasteiger partial charge in [-0.25, -0.2) is 13.1 Å². The summed E-state index contributed by atoms with van der Waals surface area (Å²) in [5, 5.41) is 7.85. The number of hydrogen-bond acceptors (Lipinski definition) is 5. The van der Waals surface area contributed by atoms with Gasteiger partial charge in [-0.2, -0.15) is 0 Å². The minimum atomic E-state index is -3.78. The summed E-state index contributed by atoms with van der Waals surface area (Å²) in [6.45, 7) is 7.44. The molecule has 0 saturated carbocycles. The lowest BCUT2D eigenvalue weighted by molar-refractivity contribution is 0.530. The second-order valence-corrected chi connectivity index (χ2v) is 8.02. The van der Waals surface area contributed by atoms with E-state index in [1.54, 1.807) is 13.8 Å². The fourth-order valence-electron chi connectivity index (χ4n) is 2.95. The zero-order valence-electron chi connectivity index (χ0n) is 15.5. The van der Waals surface area contributed by atoms with Gasteiger partial charge in [0.1, 0.15) is 4.90 Å². The molecule has 0 saturated heterocycles. The molecular formula is C18H22N4O3S. The van der Waals surface area contributed by atoms with E-state index in [1.807, 2.05) is 49.7 Å². The van der Waals surface area contributed by atoms with Crippen molar-refractivity contribution in [1.82, 2.24) is 19.5 Å². The first-order valence-electron chi connectivity index (χ1n) is 8.23. The molecule has 2 aromatic heterocycles. The van der Waals surface area contributed by atoms with Crippen LogP contribution in [0.1, 0.15) is 28.4 Å². The predicted octanol–water partition coefficient (Wildman–Crippen LogP) is 2.79. The Morgan fingerprint density at radius 2 is 1.77 bits per heavy atom. The van der Waals surface area contributed by atoms with Gasteiger partial charge in [0.25, 0.3) is 5.89 Å². The van der Waals surface area contributed by atoms with Crippen molar-refractivity contribution >= 4 is 10.0 Å². The number of nitrogens with one attached hydrogen (secondary N) is 1. The molecule has 26 heavy (non-hydrogen) atoms. The monoisotopic (exact) mass is 374 g/mol. The third-order valence-corrected chi connectivity index (χ3v) is 6.21. The van der Waals surface area contributed by atoms with Crippen molar-refractivity contribution in [2.45, 2.75) is 39.1 Å². The first-order valence-corrected chi connectivity index (χ1v) is 9.71. The molecule has 1 aromatic carbocycles. The van der Waals surface area contributed by atoms with Crippen LogP contribution in [0.25, 0.3) is 11.5 Å². The van der Waals surface area contributed by atoms with Gasteiger partial charge in [0, 0.05) is 31.9 Å². The van der Waals surface area contributed by atoms with Crippen molar-refractivity contribution in [3.8, 4) is 11.5 Å². The molecule has 7 nitrogen and oxygen atoms in total. The summed E-state index contributed by atoms with van der Waals surface area (Å²) in [5.74, 6) is 0.595. The van der Waals surface area contributed by atoms with Crippen LogP contribution in [0.4, 0.5) is 0 Å². The van der Waals surface area contributed by atoms with Crippen LogP contribution >= 0.6 is 0 Å². The highest BCUT2D eigenvalue weighted by atomic mass is 32.2. The van der Waals surface area contributed by atoms with Crippen molar-refractivity contribution in [2.75, 3.05) is 0 Å². The van der Waals surface area contributed by atoms with Crippen molar-refractivity contribution in [2.24, 2.45) is 7.05 Å². The van der Waals surface area contributed by atoms with Gasteiger partial charge in [0.15, 0.2) is 0 Å². The minimum Gasteiger partial charge on any atom is -0.421 e. The minimum absolute atomic E-state index is 0.176. The van der Waals surface area contributed by atoms with Crippen LogP contribution in [0.5, 0.6) is 0 Å². The molecule has 0 amide bonds. The number of rotatable bonds is 5. The molecule has 3 aromatic rings. The summed E-state index contributed by atoms with van der Waals surface area (Å²) in [5.41, 5.74) is 3.77. The fourth-order valence-corrected chi connectivity index (χ4v) is 4.47. The average Bonchev–Trinajstić information content (AvgIpc) is 3.11. The summed E-state index contributed by atoms with van der Waals surface area (Å²) in [6.07, 6.45) is 0. The molecule has 0 atom stereocenters. The number of benzene rings is 1. The largest absolute Gasteiger partial charge is 0.421 e. The van der Waals surface area contributed by atoms with Gasteiger partial charge in [-0.15, -0.1) is 10.2 Å². The van der Waals surface area contributed by atoms with Gasteiger partial charge >= 0.3 is 0 Å². The van der Waals surface area contributed by atoms with Crippen LogP contribution in [0.2, 0.25) is 0 Å². The lowest BCUT2D eigenvalue weighted by Crippen LogP contribution is -2.24. The highest BCUT2D eigenvalue weighted by Crippen LogP contribution is 2.34. The van der Waals surface area contributed by atoms with Gasteiger partial charge in [-0.3, -0.25) is 0 Å². The Morgan fingerprint density at radius 1 is 1.08 bits per heavy atom. The van der Waals surface area contributed by atoms with Crippen LogP contribution in [-0.4, -0.2) is 23.2 Å². The SMILES string of the molecule is Cc1nnc(-c2c(S(=O)(=O)NCc3ccccc3C)c(C)n(C)c2C)o1. The Labute approximate surface area is 153 Å². The molecule has 0 fully saturated rings. The van der Waals surface area contributed by atoms with Crippen LogP contribution in [0.15, 0.2) is 33.6 Å². The number of aryl methyl sites for hydroxylation is 2. The summed E-state index contributed by atoms with van der Waals surface area (Å²) in [7, 11) is -1.96. The second-order valence-electron chi connectivity index (χ2n) is 6.31. The zero-order valence-corrected chi connectivity index (χ0v) is 16.3. The topological polar surface area (TPSA) is 90.0 Å². The zero-order chi connectivity index (χ0) is 19.1. The molecule has 2 heterocycles. The molecule has 0 radical (unpaired) electrons. The normalized spacial score (nSPS) is 11.9. The van der Waals surface area contributed by atoms with E-state index in [-0.39, 0.29) is 17.3 Å². The van der Waals surface area contributed by atoms with Crippen LogP contribution in [-0.2, 0) is 23.6 Å². The molecule has 8 heteroatoms. The third kappa shape index (κ3) is 3.17. The van der Waals surface area contributed by atoms with E-state index in [2.05, 4.69) is 14.9 Å². The standard InChI is InChI=1S/C18H22N4O3S/c1-11-8-6-7-9-15(11)10-19-26(23,24)17-13(3)22(5)12(2)16(17)18-21-20-14(4)25-18/h6-9,19H,10H2,1-5H3. The van der Waals surface area contributed by atoms with Crippen molar-refractivity contribution in [3.05, 3.63) is 52.7 Å². The van der Waals surface area contributed by atoms with Crippen LogP contribution in [0, 0.1) is 27.7 Å². The number of hydrogen-bond donors (Lipinski definition) is 1. The molecule has 1 N–H and O–H groups in total. The second kappa shape index (κ2) is 6.69. The van der Waals surface area contributed by atoms with E-state index < -0.39 is 10.0 Å². The van der Waals surface area contributed by atoms with Crippen molar-refractivity contribution in [3.63, 3.8) is 0 Å². The van der Waals surface area contributed by atoms with Gasteiger partial charge in [-0.1, -0.05) is 24.3 Å². The molecule has 0 bridgehead atoms. The molecular weight excluding hydrogens is 352 g/mol. The molecule has 3 rings (SSSR count). The van der Waals surface area contributed by atoms with Crippen molar-refractivity contribution in [1.29, 1.82) is 0 Å². The van der Waals surface area contributed by atoms with E-state index in [4.69, 9.17) is 4.42 Å². The Kier molecular flexibility index (Phi) is 4.72. The van der Waals surface area contributed by atoms with E-state index in [0.717, 1.165) is 16.8 Å². The third-order valence-electron chi connectivity index (χ3n) is 4.65. The molecule has 0 aliphatic carbocycles. The highest BCUT2D eigenvalue weighted by molar-refractivity contribution is 7.89. The van der Waals surface area contributed by atoms with Crippen LogP contribution < -0.4 is 4.72 Å². The maximum absolute atomic E-state index is 13.1. The first-order chi connectivity index (χ1) is 12.2. The van der Waals surface area contributed by atoms with Gasteiger partial charge in [0.05, 0.1) is 5.56 Å². The number of sulfonamides is 1. The summed E-state index contributed by atoms with van der Waals surface area (Å²) in [6, 6.07) is 7.67. The fraction of sp³-hybridized carbons (Fsp3) is 0.333. The highest BCUT2D eigenvalue weighted by Gasteiger charge is 2.30. The smallest absolute Gasteiger partial charge is 0.250 e. The van der Waals surface area contributed by atoms with Gasteiger partial charge in [0.2, 0.25) is 15.9 Å². The maximum atomic E-state index is 13.1. The average molecular weight is 374 g/mol. The van der Waals surface area contributed by atoms with E-state index in [9.17, 15) is 8.42 Å². The van der Waals surface area contributed by atoms with Gasteiger partial charge in [-0.05, 0) is 31.9 Å². The summed E-state index contributed by atoms with van der Waals surface area (Å²) >= 11 is 0. The Bertz CT molecular complexity index is 1060. The number of aromatic nitrogens is 3. The molecule has 0 spiro atoms. The Hall–Kier alpha value is -2.45. The quantitative estimate of drug-likeness (QED) is 0.742. The van der Waals surface area contributed by atoms with Crippen LogP contribution in [0.3, 0.4) is 0 Å². The first kappa shape index (κ1) is 18.3. The number of nitrogens with zero attached hydrogens (tertiary/aromatic N) is 3. The molecule has 138 valence electrons. The lowest BCUT2D eigenvalue weighted by Gasteiger charge is -2.10. The Morgan fingerprint density at radius 3 is 2.38 bits per heavy atom. The lowest BCUT2D eigenvalue weighted by atomic mass is 10.1. The van der Waals surface area contributed by atoms with E-state index in [1.165, 1.54) is 0 Å². The maximum Gasteiger partial charge on any atom is 0.250 e. The van der Waals surface area contributed by atoms with Gasteiger partial charge < -0.3 is 8.98 Å². The predicted molar refractivity (Wildman–Crippen MR) is 98.1 cm³/mol. The van der Waals surface area contributed by atoms with E-state index in [0.29, 0.717) is 17.1 Å². The molecule has 0 aliphatic heterocycles. The summed E-state index contributed by atoms with van der Waals surface area (Å²) in [4.78, 5) is 0.176.